The molecule has 9 heavy (non-hydrogen) atoms. The molecule has 0 rings (SSSR count). The zero-order valence-electron chi connectivity index (χ0n) is 6.26. The summed E-state index contributed by atoms with van der Waals surface area (Å²) in [5, 5.41) is -0.118. The molecule has 2 unspecified atom stereocenters. The van der Waals surface area contributed by atoms with Crippen molar-refractivity contribution in [2.24, 2.45) is 5.92 Å². The Morgan fingerprint density at radius 3 is 1.89 bits per heavy atom. The highest BCUT2D eigenvalue weighted by molar-refractivity contribution is 7.81. The van der Waals surface area contributed by atoms with Gasteiger partial charge in [0.05, 0.1) is 0 Å². The molecule has 2 heteroatoms. The Bertz CT molecular complexity index is 71.3. The van der Waals surface area contributed by atoms with E-state index in [1.165, 1.54) is 0 Å². The summed E-state index contributed by atoms with van der Waals surface area (Å²) >= 11 is 3.99. The SMILES string of the molecule is CC(C)CC(F)C(C)S. The molecular weight excluding hydrogens is 135 g/mol. The first-order chi connectivity index (χ1) is 4.04. The molecule has 0 aliphatic heterocycles. The molecule has 0 aromatic carbocycles. The summed E-state index contributed by atoms with van der Waals surface area (Å²) in [6, 6.07) is 0. The molecule has 0 radical (unpaired) electrons. The van der Waals surface area contributed by atoms with Crippen molar-refractivity contribution < 1.29 is 4.39 Å². The molecule has 2 atom stereocenters. The van der Waals surface area contributed by atoms with Gasteiger partial charge in [0.25, 0.3) is 0 Å². The quantitative estimate of drug-likeness (QED) is 0.587. The van der Waals surface area contributed by atoms with Crippen LogP contribution in [0.1, 0.15) is 27.2 Å². The Balaban J connectivity index is 3.38. The van der Waals surface area contributed by atoms with Gasteiger partial charge in [0.2, 0.25) is 0 Å². The summed E-state index contributed by atoms with van der Waals surface area (Å²) in [4.78, 5) is 0. The molecule has 0 aromatic rings. The lowest BCUT2D eigenvalue weighted by molar-refractivity contribution is 0.282. The summed E-state index contributed by atoms with van der Waals surface area (Å²) < 4.78 is 12.7. The summed E-state index contributed by atoms with van der Waals surface area (Å²) in [6.07, 6.45) is -0.113. The number of rotatable bonds is 3. The maximum Gasteiger partial charge on any atom is 0.112 e. The van der Waals surface area contributed by atoms with Gasteiger partial charge >= 0.3 is 0 Å². The molecule has 56 valence electrons. The van der Waals surface area contributed by atoms with Crippen LogP contribution in [0, 0.1) is 5.92 Å². The Morgan fingerprint density at radius 1 is 1.33 bits per heavy atom. The molecule has 0 fully saturated rings. The standard InChI is InChI=1S/C7H15FS/c1-5(2)4-7(8)6(3)9/h5-7,9H,4H2,1-3H3. The van der Waals surface area contributed by atoms with E-state index in [0.29, 0.717) is 12.3 Å². The highest BCUT2D eigenvalue weighted by Crippen LogP contribution is 2.14. The van der Waals surface area contributed by atoms with Gasteiger partial charge in [-0.3, -0.25) is 0 Å². The second-order valence-corrected chi connectivity index (χ2v) is 3.70. The minimum Gasteiger partial charge on any atom is -0.246 e. The summed E-state index contributed by atoms with van der Waals surface area (Å²) in [7, 11) is 0. The van der Waals surface area contributed by atoms with Crippen LogP contribution in [-0.4, -0.2) is 11.4 Å². The predicted molar refractivity (Wildman–Crippen MR) is 42.8 cm³/mol. The van der Waals surface area contributed by atoms with Crippen LogP contribution in [0.2, 0.25) is 0 Å². The van der Waals surface area contributed by atoms with Gasteiger partial charge in [-0.1, -0.05) is 20.8 Å². The highest BCUT2D eigenvalue weighted by atomic mass is 32.1. The van der Waals surface area contributed by atoms with Crippen molar-refractivity contribution >= 4 is 12.6 Å². The predicted octanol–water partition coefficient (Wildman–Crippen LogP) is 2.69. The van der Waals surface area contributed by atoms with Crippen molar-refractivity contribution in [1.82, 2.24) is 0 Å². The molecule has 0 aromatic heterocycles. The van der Waals surface area contributed by atoms with Crippen molar-refractivity contribution in [3.8, 4) is 0 Å². The van der Waals surface area contributed by atoms with Gasteiger partial charge in [0.15, 0.2) is 0 Å². The Morgan fingerprint density at radius 2 is 1.78 bits per heavy atom. The summed E-state index contributed by atoms with van der Waals surface area (Å²) in [5.41, 5.74) is 0. The lowest BCUT2D eigenvalue weighted by atomic mass is 10.1. The lowest BCUT2D eigenvalue weighted by Gasteiger charge is -2.12. The minimum atomic E-state index is -0.742. The van der Waals surface area contributed by atoms with Gasteiger partial charge in [-0.05, 0) is 12.3 Å². The summed E-state index contributed by atoms with van der Waals surface area (Å²) in [5.74, 6) is 0.439. The van der Waals surface area contributed by atoms with E-state index in [-0.39, 0.29) is 5.25 Å². The molecule has 0 saturated heterocycles. The zero-order chi connectivity index (χ0) is 7.44. The van der Waals surface area contributed by atoms with Gasteiger partial charge < -0.3 is 0 Å². The van der Waals surface area contributed by atoms with E-state index in [4.69, 9.17) is 0 Å². The maximum atomic E-state index is 12.7. The monoisotopic (exact) mass is 150 g/mol. The van der Waals surface area contributed by atoms with Gasteiger partial charge in [-0.2, -0.15) is 12.6 Å². The molecular formula is C7H15FS. The number of hydrogen-bond acceptors (Lipinski definition) is 1. The van der Waals surface area contributed by atoms with Crippen molar-refractivity contribution in [1.29, 1.82) is 0 Å². The average molecular weight is 150 g/mol. The number of thiol groups is 1. The lowest BCUT2D eigenvalue weighted by Crippen LogP contribution is -2.14. The van der Waals surface area contributed by atoms with Crippen molar-refractivity contribution in [3.63, 3.8) is 0 Å². The van der Waals surface area contributed by atoms with Crippen LogP contribution in [-0.2, 0) is 0 Å². The van der Waals surface area contributed by atoms with Crippen molar-refractivity contribution in [2.45, 2.75) is 38.6 Å². The smallest absolute Gasteiger partial charge is 0.112 e. The topological polar surface area (TPSA) is 0 Å². The second kappa shape index (κ2) is 4.15. The molecule has 0 N–H and O–H groups in total. The van der Waals surface area contributed by atoms with E-state index in [2.05, 4.69) is 12.6 Å². The van der Waals surface area contributed by atoms with Gasteiger partial charge in [0.1, 0.15) is 6.17 Å². The maximum absolute atomic E-state index is 12.7. The van der Waals surface area contributed by atoms with E-state index in [9.17, 15) is 4.39 Å². The number of alkyl halides is 1. The molecule has 0 spiro atoms. The van der Waals surface area contributed by atoms with E-state index < -0.39 is 6.17 Å². The minimum absolute atomic E-state index is 0.118. The molecule has 0 aliphatic rings. The van der Waals surface area contributed by atoms with Crippen LogP contribution in [0.15, 0.2) is 0 Å². The zero-order valence-corrected chi connectivity index (χ0v) is 7.16. The molecule has 0 bridgehead atoms. The third-order valence-electron chi connectivity index (χ3n) is 1.22. The third-order valence-corrected chi connectivity index (χ3v) is 1.54. The number of halogens is 1. The first-order valence-corrected chi connectivity index (χ1v) is 3.87. The van der Waals surface area contributed by atoms with Crippen LogP contribution in [0.4, 0.5) is 4.39 Å². The molecule has 0 nitrogen and oxygen atoms in total. The molecule has 0 aliphatic carbocycles. The van der Waals surface area contributed by atoms with Crippen molar-refractivity contribution in [2.75, 3.05) is 0 Å². The molecule has 0 amide bonds. The Hall–Kier alpha value is 0.280. The van der Waals surface area contributed by atoms with Crippen LogP contribution in [0.25, 0.3) is 0 Å². The third kappa shape index (κ3) is 4.76. The molecule has 0 saturated carbocycles. The van der Waals surface area contributed by atoms with Gasteiger partial charge in [0, 0.05) is 5.25 Å². The van der Waals surface area contributed by atoms with Crippen LogP contribution in [0.3, 0.4) is 0 Å². The van der Waals surface area contributed by atoms with E-state index in [1.54, 1.807) is 6.92 Å². The van der Waals surface area contributed by atoms with Crippen LogP contribution in [0.5, 0.6) is 0 Å². The summed E-state index contributed by atoms with van der Waals surface area (Å²) in [6.45, 7) is 5.82. The van der Waals surface area contributed by atoms with Crippen LogP contribution < -0.4 is 0 Å². The number of hydrogen-bond donors (Lipinski definition) is 1. The van der Waals surface area contributed by atoms with Crippen molar-refractivity contribution in [3.05, 3.63) is 0 Å². The molecule has 0 heterocycles. The Labute approximate surface area is 62.2 Å². The normalized spacial score (nSPS) is 18.0. The van der Waals surface area contributed by atoms with E-state index in [0.717, 1.165) is 0 Å². The first-order valence-electron chi connectivity index (χ1n) is 3.36. The fraction of sp³-hybridized carbons (Fsp3) is 1.00. The van der Waals surface area contributed by atoms with E-state index >= 15 is 0 Å². The van der Waals surface area contributed by atoms with Crippen LogP contribution >= 0.6 is 12.6 Å². The first kappa shape index (κ1) is 9.28. The Kier molecular flexibility index (Phi) is 4.28. The highest BCUT2D eigenvalue weighted by Gasteiger charge is 2.12. The second-order valence-electron chi connectivity index (χ2n) is 2.89. The van der Waals surface area contributed by atoms with Gasteiger partial charge in [-0.25, -0.2) is 4.39 Å². The van der Waals surface area contributed by atoms with E-state index in [1.807, 2.05) is 13.8 Å². The average Bonchev–Trinajstić information content (AvgIpc) is 1.63. The largest absolute Gasteiger partial charge is 0.246 e. The fourth-order valence-corrected chi connectivity index (χ4v) is 0.769. The fourth-order valence-electron chi connectivity index (χ4n) is 0.647. The van der Waals surface area contributed by atoms with Gasteiger partial charge in [-0.15, -0.1) is 0 Å².